The van der Waals surface area contributed by atoms with Crippen molar-refractivity contribution in [3.63, 3.8) is 0 Å². The van der Waals surface area contributed by atoms with Crippen LogP contribution >= 0.6 is 0 Å². The number of anilines is 6. The highest BCUT2D eigenvalue weighted by atomic mass is 15.2. The van der Waals surface area contributed by atoms with Gasteiger partial charge in [-0.1, -0.05) is 215 Å². The molecule has 4 aromatic heterocycles. The van der Waals surface area contributed by atoms with Gasteiger partial charge >= 0.3 is 0 Å². The highest BCUT2D eigenvalue weighted by Gasteiger charge is 2.39. The standard InChI is InChI=1S/C80H66N4/c1-77(2,3)63-33-21-29-57-71-67(81(47-23-13-11-14-24-47)49-35-37-53-51-27-17-19-31-61(51)79(7,8)65(53)43-49)41-39-55-59-46-70-60(45-69(59)83(73(57)63)75(55)71)56-40-42-68(72-58-30-22-34-64(78(4,5)6)74(58)84(70)76(56)72)82(48-25-15-12-16-26-48)50-36-38-54-52-28-18-20-32-62(52)80(9,10)66(54)44-50/h11-46H,1-10H3/i11D,12D,13D,14D,15D,16D,23D,24D,25D,26D. The molecule has 0 unspecified atom stereocenters. The summed E-state index contributed by atoms with van der Waals surface area (Å²) in [5.41, 5.74) is 18.4. The number of fused-ring (bicyclic) bond motifs is 18. The van der Waals surface area contributed by atoms with E-state index in [1.165, 1.54) is 11.1 Å². The number of benzene rings is 11. The second kappa shape index (κ2) is 16.7. The molecule has 0 radical (unpaired) electrons. The van der Waals surface area contributed by atoms with Gasteiger partial charge in [0.2, 0.25) is 0 Å². The van der Waals surface area contributed by atoms with Crippen molar-refractivity contribution in [2.75, 3.05) is 9.80 Å². The molecule has 406 valence electrons. The van der Waals surface area contributed by atoms with E-state index in [2.05, 4.69) is 224 Å². The Balaban J connectivity index is 0.990. The van der Waals surface area contributed by atoms with Crippen LogP contribution in [-0.2, 0) is 21.7 Å². The molecule has 11 aromatic carbocycles. The summed E-state index contributed by atoms with van der Waals surface area (Å²) in [6.45, 7) is 22.3. The zero-order chi connectivity index (χ0) is 65.8. The predicted octanol–water partition coefficient (Wildman–Crippen LogP) is 22.1. The summed E-state index contributed by atoms with van der Waals surface area (Å²) in [5, 5.41) is 7.64. The minimum atomic E-state index is -0.459. The van der Waals surface area contributed by atoms with Gasteiger partial charge in [-0.25, -0.2) is 0 Å². The number of hydrogen-bond donors (Lipinski definition) is 0. The van der Waals surface area contributed by atoms with Gasteiger partial charge in [-0.2, -0.15) is 0 Å². The molecular weight excluding hydrogens is 1020 g/mol. The lowest BCUT2D eigenvalue weighted by molar-refractivity contribution is 0.594. The fourth-order valence-corrected chi connectivity index (χ4v) is 15.4. The van der Waals surface area contributed by atoms with Gasteiger partial charge in [-0.05, 0) is 139 Å². The summed E-state index contributed by atoms with van der Waals surface area (Å²) in [6, 6.07) is 51.8. The largest absolute Gasteiger partial charge is 0.310 e. The second-order valence-electron chi connectivity index (χ2n) is 26.6. The third-order valence-electron chi connectivity index (χ3n) is 19.2. The lowest BCUT2D eigenvalue weighted by Crippen LogP contribution is -2.16. The number of para-hydroxylation sites is 4. The molecule has 0 spiro atoms. The van der Waals surface area contributed by atoms with Gasteiger partial charge in [0.05, 0.1) is 58.2 Å². The van der Waals surface area contributed by atoms with Crippen LogP contribution < -0.4 is 9.80 Å². The first-order valence-electron chi connectivity index (χ1n) is 34.3. The van der Waals surface area contributed by atoms with E-state index >= 15 is 0 Å². The molecule has 0 saturated carbocycles. The summed E-state index contributed by atoms with van der Waals surface area (Å²) >= 11 is 0. The lowest BCUT2D eigenvalue weighted by Gasteiger charge is -2.29. The third-order valence-corrected chi connectivity index (χ3v) is 19.2. The number of hydrogen-bond acceptors (Lipinski definition) is 2. The molecule has 0 atom stereocenters. The number of nitrogens with zero attached hydrogens (tertiary/aromatic N) is 4. The second-order valence-corrected chi connectivity index (χ2v) is 26.6. The van der Waals surface area contributed by atoms with Crippen molar-refractivity contribution >= 4 is 110 Å². The van der Waals surface area contributed by atoms with Crippen molar-refractivity contribution in [2.45, 2.75) is 90.9 Å². The van der Waals surface area contributed by atoms with E-state index in [0.717, 1.165) is 121 Å². The zero-order valence-electron chi connectivity index (χ0n) is 58.8. The topological polar surface area (TPSA) is 15.3 Å². The van der Waals surface area contributed by atoms with Gasteiger partial charge in [-0.3, -0.25) is 0 Å². The van der Waals surface area contributed by atoms with Crippen molar-refractivity contribution in [3.8, 4) is 22.3 Å². The van der Waals surface area contributed by atoms with Gasteiger partial charge in [0.1, 0.15) is 0 Å². The van der Waals surface area contributed by atoms with Crippen molar-refractivity contribution < 1.29 is 13.7 Å². The molecule has 4 heterocycles. The van der Waals surface area contributed by atoms with Crippen LogP contribution in [0.5, 0.6) is 0 Å². The van der Waals surface area contributed by atoms with Crippen LogP contribution in [0.3, 0.4) is 0 Å². The minimum absolute atomic E-state index is 0.0572. The average molecular weight is 1090 g/mol. The molecule has 0 N–H and O–H groups in total. The highest BCUT2D eigenvalue weighted by Crippen LogP contribution is 2.56. The van der Waals surface area contributed by atoms with Crippen molar-refractivity contribution in [1.29, 1.82) is 0 Å². The summed E-state index contributed by atoms with van der Waals surface area (Å²) in [4.78, 5) is 3.83. The number of rotatable bonds is 6. The maximum absolute atomic E-state index is 9.70. The first-order valence-corrected chi connectivity index (χ1v) is 29.3. The van der Waals surface area contributed by atoms with E-state index in [9.17, 15) is 5.48 Å². The van der Waals surface area contributed by atoms with Crippen LogP contribution in [-0.4, -0.2) is 8.80 Å². The summed E-state index contributed by atoms with van der Waals surface area (Å²) in [7, 11) is 0. The fourth-order valence-electron chi connectivity index (χ4n) is 15.4. The summed E-state index contributed by atoms with van der Waals surface area (Å²) < 4.78 is 97.7. The van der Waals surface area contributed by atoms with Crippen molar-refractivity contribution in [3.05, 3.63) is 252 Å². The minimum Gasteiger partial charge on any atom is -0.310 e. The molecule has 0 fully saturated rings. The third kappa shape index (κ3) is 6.43. The maximum Gasteiger partial charge on any atom is 0.0645 e. The molecule has 0 amide bonds. The lowest BCUT2D eigenvalue weighted by atomic mass is 9.82. The molecule has 84 heavy (non-hydrogen) atoms. The molecule has 2 aliphatic carbocycles. The SMILES string of the molecule is [2H]c1c([2H])c([2H])c(N(c2ccc3c(c2)C(C)(C)c2ccccc2-3)c2ccc3c4cc5c(cc4n4c6c(C(C)(C)C)cccc6c2c34)c2ccc(N(c3ccc4c(c3)C(C)(C)c3ccccc3-4)c3c([2H])c([2H])c([2H])c([2H])c3[2H])c3c4cccc(C(C)(C)C)c4n5c23)c([2H])c1[2H]. The first kappa shape index (κ1) is 39.9. The Kier molecular flexibility index (Phi) is 7.93. The van der Waals surface area contributed by atoms with E-state index in [0.29, 0.717) is 22.7 Å². The van der Waals surface area contributed by atoms with E-state index in [1.54, 1.807) is 0 Å². The maximum atomic E-state index is 9.70. The molecule has 4 heteroatoms. The average Bonchev–Trinajstić information content (AvgIpc) is 1.51. The monoisotopic (exact) mass is 1090 g/mol. The highest BCUT2D eigenvalue weighted by molar-refractivity contribution is 6.32. The Morgan fingerprint density at radius 1 is 0.345 bits per heavy atom. The number of aromatic nitrogens is 2. The Hall–Kier alpha value is -9.38. The zero-order valence-corrected chi connectivity index (χ0v) is 48.8. The Bertz CT molecular complexity index is 5500. The quantitative estimate of drug-likeness (QED) is 0.165. The van der Waals surface area contributed by atoms with Crippen LogP contribution in [0.15, 0.2) is 218 Å². The molecule has 0 saturated heterocycles. The van der Waals surface area contributed by atoms with E-state index < -0.39 is 47.1 Å². The summed E-state index contributed by atoms with van der Waals surface area (Å²) in [5.74, 6) is 0. The van der Waals surface area contributed by atoms with Gasteiger partial charge in [0.15, 0.2) is 0 Å². The molecule has 0 aliphatic heterocycles. The van der Waals surface area contributed by atoms with Crippen LogP contribution in [0.25, 0.3) is 98.4 Å². The molecule has 0 bridgehead atoms. The molecular formula is C80H66N4. The van der Waals surface area contributed by atoms with E-state index in [4.69, 9.17) is 8.22 Å². The summed E-state index contributed by atoms with van der Waals surface area (Å²) in [6.07, 6.45) is 0. The van der Waals surface area contributed by atoms with Crippen LogP contribution in [0.2, 0.25) is 0 Å². The van der Waals surface area contributed by atoms with Crippen LogP contribution in [0.1, 0.15) is 116 Å². The molecule has 15 aromatic rings. The smallest absolute Gasteiger partial charge is 0.0645 e. The van der Waals surface area contributed by atoms with Gasteiger partial charge in [0, 0.05) is 76.7 Å². The predicted molar refractivity (Wildman–Crippen MR) is 358 cm³/mol. The molecule has 2 aliphatic rings. The van der Waals surface area contributed by atoms with Crippen LogP contribution in [0.4, 0.5) is 34.1 Å². The van der Waals surface area contributed by atoms with Crippen molar-refractivity contribution in [2.24, 2.45) is 0 Å². The normalized spacial score (nSPS) is 16.2. The Morgan fingerprint density at radius 2 is 0.738 bits per heavy atom. The molecule has 4 nitrogen and oxygen atoms in total. The van der Waals surface area contributed by atoms with Crippen molar-refractivity contribution in [1.82, 2.24) is 8.80 Å². The molecule has 17 rings (SSSR count). The first-order chi connectivity index (χ1) is 44.6. The van der Waals surface area contributed by atoms with E-state index in [-0.39, 0.29) is 46.4 Å². The Morgan fingerprint density at radius 3 is 1.14 bits per heavy atom. The Labute approximate surface area is 505 Å². The van der Waals surface area contributed by atoms with Gasteiger partial charge in [0.25, 0.3) is 0 Å². The van der Waals surface area contributed by atoms with Crippen LogP contribution in [0, 0.1) is 0 Å². The fraction of sp³-hybridized carbons (Fsp3) is 0.175. The van der Waals surface area contributed by atoms with Gasteiger partial charge < -0.3 is 18.6 Å². The van der Waals surface area contributed by atoms with E-state index in [1.807, 2.05) is 21.9 Å². The van der Waals surface area contributed by atoms with Gasteiger partial charge in [-0.15, -0.1) is 0 Å².